The molecule has 0 atom stereocenters. The first-order valence-corrected chi connectivity index (χ1v) is 5.91. The molecule has 0 saturated carbocycles. The fourth-order valence-corrected chi connectivity index (χ4v) is 2.11. The molecule has 8 heteroatoms. The second-order valence-electron chi connectivity index (χ2n) is 4.29. The van der Waals surface area contributed by atoms with Crippen molar-refractivity contribution in [3.05, 3.63) is 27.9 Å². The van der Waals surface area contributed by atoms with Gasteiger partial charge < -0.3 is 20.3 Å². The number of amides is 1. The van der Waals surface area contributed by atoms with Crippen LogP contribution in [0.2, 0.25) is 0 Å². The summed E-state index contributed by atoms with van der Waals surface area (Å²) in [6.07, 6.45) is 0.901. The largest absolute Gasteiger partial charge is 0.358 e. The Hall–Kier alpha value is -1.60. The molecule has 2 heterocycles. The summed E-state index contributed by atoms with van der Waals surface area (Å²) in [6.45, 7) is 2.98. The van der Waals surface area contributed by atoms with Crippen LogP contribution < -0.4 is 5.32 Å². The van der Waals surface area contributed by atoms with Crippen molar-refractivity contribution in [1.29, 1.82) is 0 Å². The number of hydrogen-bond acceptors (Lipinski definition) is 4. The smallest absolute Gasteiger partial charge is 0.323 e. The van der Waals surface area contributed by atoms with Crippen LogP contribution in [0.4, 0.5) is 5.82 Å². The van der Waals surface area contributed by atoms with Crippen LogP contribution >= 0.6 is 12.4 Å². The molecule has 0 spiro atoms. The zero-order valence-corrected chi connectivity index (χ0v) is 11.5. The highest BCUT2D eigenvalue weighted by atomic mass is 35.5. The number of nitro groups is 1. The Kier molecular flexibility index (Phi) is 5.31. The number of nitrogens with one attached hydrogen (secondary N) is 1. The standard InChI is InChI=1S/C11H16N4O3.ClH/c1-13-9(3-4-10(13)15(17)18)11(16)14-7-2-5-12-6-8-14;/h3-4,12H,2,5-8H2,1H3;1H. The molecule has 1 fully saturated rings. The predicted molar refractivity (Wildman–Crippen MR) is 72.7 cm³/mol. The number of rotatable bonds is 2. The third kappa shape index (κ3) is 3.24. The van der Waals surface area contributed by atoms with Crippen molar-refractivity contribution in [3.63, 3.8) is 0 Å². The molecule has 106 valence electrons. The molecule has 1 aliphatic rings. The molecule has 2 rings (SSSR count). The maximum Gasteiger partial charge on any atom is 0.323 e. The van der Waals surface area contributed by atoms with Crippen molar-refractivity contribution in [2.45, 2.75) is 6.42 Å². The average molecular weight is 289 g/mol. The van der Waals surface area contributed by atoms with Gasteiger partial charge in [-0.05, 0) is 24.0 Å². The minimum absolute atomic E-state index is 0. The first-order valence-electron chi connectivity index (χ1n) is 5.91. The summed E-state index contributed by atoms with van der Waals surface area (Å²) in [6, 6.07) is 2.88. The van der Waals surface area contributed by atoms with Crippen LogP contribution in [0.3, 0.4) is 0 Å². The molecule has 1 N–H and O–H groups in total. The van der Waals surface area contributed by atoms with Gasteiger partial charge in [-0.3, -0.25) is 4.79 Å². The van der Waals surface area contributed by atoms with Crippen LogP contribution in [0.25, 0.3) is 0 Å². The van der Waals surface area contributed by atoms with Crippen molar-refractivity contribution >= 4 is 24.1 Å². The normalized spacial score (nSPS) is 15.5. The first-order chi connectivity index (χ1) is 8.61. The summed E-state index contributed by atoms with van der Waals surface area (Å²) >= 11 is 0. The minimum atomic E-state index is -0.485. The summed E-state index contributed by atoms with van der Waals surface area (Å²) in [5.41, 5.74) is 0.364. The molecule has 19 heavy (non-hydrogen) atoms. The zero-order valence-electron chi connectivity index (χ0n) is 10.7. The summed E-state index contributed by atoms with van der Waals surface area (Å²) in [5, 5.41) is 14.0. The van der Waals surface area contributed by atoms with Crippen molar-refractivity contribution in [2.75, 3.05) is 26.2 Å². The van der Waals surface area contributed by atoms with Crippen molar-refractivity contribution in [1.82, 2.24) is 14.8 Å². The van der Waals surface area contributed by atoms with Crippen LogP contribution in [0.1, 0.15) is 16.9 Å². The molecular weight excluding hydrogens is 272 g/mol. The van der Waals surface area contributed by atoms with Crippen molar-refractivity contribution in [2.24, 2.45) is 7.05 Å². The van der Waals surface area contributed by atoms with Gasteiger partial charge >= 0.3 is 5.82 Å². The zero-order chi connectivity index (χ0) is 13.1. The lowest BCUT2D eigenvalue weighted by Gasteiger charge is -2.18. The van der Waals surface area contributed by atoms with Gasteiger partial charge in [-0.15, -0.1) is 12.4 Å². The molecular formula is C11H17ClN4O3. The van der Waals surface area contributed by atoms with E-state index in [1.807, 2.05) is 0 Å². The molecule has 1 saturated heterocycles. The van der Waals surface area contributed by atoms with E-state index in [1.165, 1.54) is 16.7 Å². The molecule has 0 aliphatic carbocycles. The van der Waals surface area contributed by atoms with E-state index in [1.54, 1.807) is 11.9 Å². The lowest BCUT2D eigenvalue weighted by atomic mass is 10.3. The number of halogens is 1. The van der Waals surface area contributed by atoms with Gasteiger partial charge in [0.15, 0.2) is 5.69 Å². The number of nitrogens with zero attached hydrogens (tertiary/aromatic N) is 3. The summed E-state index contributed by atoms with van der Waals surface area (Å²) in [5.74, 6) is -0.208. The Morgan fingerprint density at radius 1 is 1.37 bits per heavy atom. The van der Waals surface area contributed by atoms with Crippen molar-refractivity contribution < 1.29 is 9.72 Å². The van der Waals surface area contributed by atoms with Crippen LogP contribution in [0.5, 0.6) is 0 Å². The summed E-state index contributed by atoms with van der Waals surface area (Å²) in [4.78, 5) is 24.3. The fourth-order valence-electron chi connectivity index (χ4n) is 2.11. The van der Waals surface area contributed by atoms with Gasteiger partial charge in [-0.1, -0.05) is 0 Å². The van der Waals surface area contributed by atoms with Gasteiger partial charge in [0, 0.05) is 25.7 Å². The molecule has 1 aromatic rings. The van der Waals surface area contributed by atoms with Crippen molar-refractivity contribution in [3.8, 4) is 0 Å². The van der Waals surface area contributed by atoms with Crippen LogP contribution in [0.15, 0.2) is 12.1 Å². The maximum atomic E-state index is 12.3. The Morgan fingerprint density at radius 3 is 2.74 bits per heavy atom. The van der Waals surface area contributed by atoms with Gasteiger partial charge in [0.1, 0.15) is 0 Å². The van der Waals surface area contributed by atoms with Gasteiger partial charge in [0.2, 0.25) is 0 Å². The average Bonchev–Trinajstić information content (AvgIpc) is 2.56. The summed E-state index contributed by atoms with van der Waals surface area (Å²) in [7, 11) is 1.54. The number of carbonyl (C=O) groups excluding carboxylic acids is 1. The van der Waals surface area contributed by atoms with E-state index in [9.17, 15) is 14.9 Å². The second-order valence-corrected chi connectivity index (χ2v) is 4.29. The molecule has 7 nitrogen and oxygen atoms in total. The van der Waals surface area contributed by atoms with Gasteiger partial charge in [-0.2, -0.15) is 0 Å². The Balaban J connectivity index is 0.00000180. The lowest BCUT2D eigenvalue weighted by molar-refractivity contribution is -0.391. The van der Waals surface area contributed by atoms with E-state index >= 15 is 0 Å². The van der Waals surface area contributed by atoms with Crippen LogP contribution in [0, 0.1) is 10.1 Å². The van der Waals surface area contributed by atoms with E-state index in [4.69, 9.17) is 0 Å². The van der Waals surface area contributed by atoms with Crippen LogP contribution in [-0.2, 0) is 7.05 Å². The highest BCUT2D eigenvalue weighted by Gasteiger charge is 2.25. The first kappa shape index (κ1) is 15.5. The highest BCUT2D eigenvalue weighted by molar-refractivity contribution is 5.93. The van der Waals surface area contributed by atoms with E-state index in [0.717, 1.165) is 19.5 Å². The molecule has 1 aliphatic heterocycles. The Morgan fingerprint density at radius 2 is 2.11 bits per heavy atom. The van der Waals surface area contributed by atoms with E-state index in [-0.39, 0.29) is 24.1 Å². The quantitative estimate of drug-likeness (QED) is 0.644. The molecule has 0 unspecified atom stereocenters. The second kappa shape index (κ2) is 6.53. The topological polar surface area (TPSA) is 80.4 Å². The molecule has 0 aromatic carbocycles. The third-order valence-corrected chi connectivity index (χ3v) is 3.13. The van der Waals surface area contributed by atoms with Gasteiger partial charge in [-0.25, -0.2) is 4.57 Å². The van der Waals surface area contributed by atoms with Crippen LogP contribution in [-0.4, -0.2) is 46.5 Å². The molecule has 1 aromatic heterocycles. The Labute approximate surface area is 117 Å². The maximum absolute atomic E-state index is 12.3. The SMILES string of the molecule is Cl.Cn1c(C(=O)N2CCCNCC2)ccc1[N+](=O)[O-]. The predicted octanol–water partition coefficient (Wildman–Crippen LogP) is 0.791. The summed E-state index contributed by atoms with van der Waals surface area (Å²) < 4.78 is 1.33. The van der Waals surface area contributed by atoms with E-state index in [2.05, 4.69) is 5.32 Å². The third-order valence-electron chi connectivity index (χ3n) is 3.13. The number of aromatic nitrogens is 1. The monoisotopic (exact) mass is 288 g/mol. The van der Waals surface area contributed by atoms with Gasteiger partial charge in [0.05, 0.1) is 7.05 Å². The molecule has 1 amide bonds. The highest BCUT2D eigenvalue weighted by Crippen LogP contribution is 2.17. The minimum Gasteiger partial charge on any atom is -0.358 e. The van der Waals surface area contributed by atoms with Gasteiger partial charge in [0.25, 0.3) is 5.91 Å². The van der Waals surface area contributed by atoms with E-state index < -0.39 is 4.92 Å². The lowest BCUT2D eigenvalue weighted by Crippen LogP contribution is -2.35. The number of carbonyl (C=O) groups is 1. The Bertz CT molecular complexity index is 467. The molecule has 0 bridgehead atoms. The van der Waals surface area contributed by atoms with E-state index in [0.29, 0.717) is 18.8 Å². The molecule has 0 radical (unpaired) electrons. The fraction of sp³-hybridized carbons (Fsp3) is 0.545. The number of hydrogen-bond donors (Lipinski definition) is 1.